The molecule has 11 heteroatoms. The maximum Gasteiger partial charge on any atom is 0.240 e. The third kappa shape index (κ3) is 10.1. The van der Waals surface area contributed by atoms with E-state index < -0.39 is 36.3 Å². The van der Waals surface area contributed by atoms with Crippen LogP contribution in [0.1, 0.15) is 11.1 Å². The Morgan fingerprint density at radius 3 is 1.92 bits per heavy atom. The summed E-state index contributed by atoms with van der Waals surface area (Å²) < 4.78 is 0. The number of phenolic OH excluding ortho intramolecular Hbond substituents is 2. The van der Waals surface area contributed by atoms with Crippen LogP contribution in [0.15, 0.2) is 83.8 Å². The number of nitrogens with one attached hydrogen (secondary N) is 3. The number of phenols is 2. The van der Waals surface area contributed by atoms with Crippen LogP contribution in [0, 0.1) is 0 Å². The van der Waals surface area contributed by atoms with Crippen LogP contribution >= 0.6 is 11.8 Å². The van der Waals surface area contributed by atoms with Gasteiger partial charge in [-0.3, -0.25) is 19.2 Å². The van der Waals surface area contributed by atoms with Crippen LogP contribution < -0.4 is 21.7 Å². The number of carbonyl (C=O) groups is 4. The minimum Gasteiger partial charge on any atom is -0.508 e. The molecule has 2 atom stereocenters. The summed E-state index contributed by atoms with van der Waals surface area (Å²) >= 11 is 0.937. The fraction of sp³-hybridized carbons (Fsp3) is 0.214. The molecule has 0 unspecified atom stereocenters. The van der Waals surface area contributed by atoms with E-state index in [2.05, 4.69) is 16.0 Å². The SMILES string of the molecule is N[C@@H](Cc1ccc(O)cc1)C(=O)NCC(=O)NCC(=O)N[C@@H](Cc1ccccc1)C(=O)Sc1ccc(O)cc1. The Balaban J connectivity index is 1.48. The van der Waals surface area contributed by atoms with Crippen LogP contribution in [-0.2, 0) is 32.0 Å². The van der Waals surface area contributed by atoms with Crippen molar-refractivity contribution in [1.82, 2.24) is 16.0 Å². The Bertz CT molecular complexity index is 1270. The molecule has 3 amide bonds. The van der Waals surface area contributed by atoms with E-state index in [1.165, 1.54) is 24.3 Å². The number of aromatic hydroxyl groups is 2. The Morgan fingerprint density at radius 2 is 1.28 bits per heavy atom. The Morgan fingerprint density at radius 1 is 0.718 bits per heavy atom. The molecule has 0 fully saturated rings. The fourth-order valence-electron chi connectivity index (χ4n) is 3.51. The van der Waals surface area contributed by atoms with E-state index in [0.717, 1.165) is 22.9 Å². The number of thioether (sulfide) groups is 1. The highest BCUT2D eigenvalue weighted by Crippen LogP contribution is 2.23. The molecule has 3 aromatic carbocycles. The Hall–Kier alpha value is -4.35. The van der Waals surface area contributed by atoms with Gasteiger partial charge in [0.15, 0.2) is 0 Å². The molecule has 3 aromatic rings. The van der Waals surface area contributed by atoms with Crippen molar-refractivity contribution < 1.29 is 29.4 Å². The van der Waals surface area contributed by atoms with Crippen LogP contribution in [-0.4, -0.2) is 58.2 Å². The molecular weight excluding hydrogens is 520 g/mol. The van der Waals surface area contributed by atoms with Crippen molar-refractivity contribution in [2.75, 3.05) is 13.1 Å². The molecule has 0 aliphatic carbocycles. The van der Waals surface area contributed by atoms with Gasteiger partial charge >= 0.3 is 0 Å². The number of amides is 3. The number of benzene rings is 3. The monoisotopic (exact) mass is 550 g/mol. The summed E-state index contributed by atoms with van der Waals surface area (Å²) in [6.07, 6.45) is 0.467. The summed E-state index contributed by atoms with van der Waals surface area (Å²) in [6, 6.07) is 19.8. The average Bonchev–Trinajstić information content (AvgIpc) is 2.93. The Labute approximate surface area is 230 Å². The summed E-state index contributed by atoms with van der Waals surface area (Å²) in [7, 11) is 0. The molecule has 0 saturated heterocycles. The highest BCUT2D eigenvalue weighted by Gasteiger charge is 2.23. The molecule has 39 heavy (non-hydrogen) atoms. The second-order valence-corrected chi connectivity index (χ2v) is 9.77. The highest BCUT2D eigenvalue weighted by molar-refractivity contribution is 8.13. The third-order valence-corrected chi connectivity index (χ3v) is 6.55. The van der Waals surface area contributed by atoms with Gasteiger partial charge in [0, 0.05) is 11.3 Å². The van der Waals surface area contributed by atoms with Gasteiger partial charge in [0.2, 0.25) is 22.8 Å². The van der Waals surface area contributed by atoms with Crippen molar-refractivity contribution in [3.05, 3.63) is 90.0 Å². The van der Waals surface area contributed by atoms with E-state index in [1.54, 1.807) is 24.3 Å². The summed E-state index contributed by atoms with van der Waals surface area (Å²) in [5.74, 6) is -1.53. The molecule has 0 aliphatic heterocycles. The maximum absolute atomic E-state index is 13.0. The lowest BCUT2D eigenvalue weighted by molar-refractivity contribution is -0.128. The smallest absolute Gasteiger partial charge is 0.240 e. The van der Waals surface area contributed by atoms with E-state index in [1.807, 2.05) is 30.3 Å². The topological polar surface area (TPSA) is 171 Å². The van der Waals surface area contributed by atoms with Gasteiger partial charge in [0.25, 0.3) is 0 Å². The molecule has 0 aliphatic rings. The lowest BCUT2D eigenvalue weighted by atomic mass is 10.1. The normalized spacial score (nSPS) is 12.1. The molecular formula is C28H30N4O6S. The van der Waals surface area contributed by atoms with Gasteiger partial charge in [0.05, 0.1) is 19.1 Å². The first kappa shape index (κ1) is 29.2. The molecule has 0 radical (unpaired) electrons. The standard InChI is InChI=1S/C28H30N4O6S/c29-23(14-19-6-8-20(33)9-7-19)27(37)31-16-25(35)30-17-26(36)32-24(15-18-4-2-1-3-5-18)28(38)39-22-12-10-21(34)11-13-22/h1-13,23-24,33-34H,14-17,29H2,(H,30,35)(H,31,37)(H,32,36)/t23-,24-/m0/s1. The van der Waals surface area contributed by atoms with Crippen molar-refractivity contribution in [1.29, 1.82) is 0 Å². The minimum absolute atomic E-state index is 0.0761. The van der Waals surface area contributed by atoms with Crippen molar-refractivity contribution in [2.24, 2.45) is 5.73 Å². The van der Waals surface area contributed by atoms with E-state index in [-0.39, 0.29) is 36.0 Å². The van der Waals surface area contributed by atoms with Gasteiger partial charge in [-0.1, -0.05) is 42.5 Å². The number of hydrogen-bond acceptors (Lipinski definition) is 8. The molecule has 204 valence electrons. The second kappa shape index (κ2) is 14.6. The molecule has 0 heterocycles. The van der Waals surface area contributed by atoms with Crippen LogP contribution in [0.25, 0.3) is 0 Å². The van der Waals surface area contributed by atoms with E-state index in [9.17, 15) is 29.4 Å². The Kier molecular flexibility index (Phi) is 10.9. The van der Waals surface area contributed by atoms with Gasteiger partial charge in [0.1, 0.15) is 17.5 Å². The second-order valence-electron chi connectivity index (χ2n) is 8.70. The zero-order valence-electron chi connectivity index (χ0n) is 21.0. The summed E-state index contributed by atoms with van der Waals surface area (Å²) in [5.41, 5.74) is 7.48. The van der Waals surface area contributed by atoms with Gasteiger partial charge in [-0.05, 0) is 65.7 Å². The zero-order valence-corrected chi connectivity index (χ0v) is 21.8. The molecule has 0 spiro atoms. The van der Waals surface area contributed by atoms with Gasteiger partial charge < -0.3 is 31.9 Å². The zero-order chi connectivity index (χ0) is 28.2. The van der Waals surface area contributed by atoms with Gasteiger partial charge in [-0.2, -0.15) is 0 Å². The summed E-state index contributed by atoms with van der Waals surface area (Å²) in [4.78, 5) is 50.6. The van der Waals surface area contributed by atoms with Crippen LogP contribution in [0.3, 0.4) is 0 Å². The molecule has 0 saturated carbocycles. The van der Waals surface area contributed by atoms with Gasteiger partial charge in [-0.25, -0.2) is 0 Å². The molecule has 10 nitrogen and oxygen atoms in total. The first-order valence-corrected chi connectivity index (χ1v) is 12.9. The average molecular weight is 551 g/mol. The lowest BCUT2D eigenvalue weighted by Crippen LogP contribution is -2.49. The van der Waals surface area contributed by atoms with Crippen molar-refractivity contribution in [3.8, 4) is 11.5 Å². The number of hydrogen-bond donors (Lipinski definition) is 6. The molecule has 0 bridgehead atoms. The predicted octanol–water partition coefficient (Wildman–Crippen LogP) is 1.25. The first-order valence-electron chi connectivity index (χ1n) is 12.1. The van der Waals surface area contributed by atoms with Crippen LogP contribution in [0.4, 0.5) is 0 Å². The molecule has 3 rings (SSSR count). The van der Waals surface area contributed by atoms with Gasteiger partial charge in [-0.15, -0.1) is 0 Å². The van der Waals surface area contributed by atoms with E-state index >= 15 is 0 Å². The quantitative estimate of drug-likeness (QED) is 0.183. The van der Waals surface area contributed by atoms with E-state index in [4.69, 9.17) is 5.73 Å². The number of rotatable bonds is 12. The van der Waals surface area contributed by atoms with Crippen molar-refractivity contribution in [2.45, 2.75) is 29.8 Å². The first-order chi connectivity index (χ1) is 18.7. The van der Waals surface area contributed by atoms with Crippen molar-refractivity contribution >= 4 is 34.6 Å². The minimum atomic E-state index is -0.901. The largest absolute Gasteiger partial charge is 0.508 e. The van der Waals surface area contributed by atoms with Crippen LogP contribution in [0.5, 0.6) is 11.5 Å². The predicted molar refractivity (Wildman–Crippen MR) is 147 cm³/mol. The maximum atomic E-state index is 13.0. The number of carbonyl (C=O) groups excluding carboxylic acids is 4. The fourth-order valence-corrected chi connectivity index (χ4v) is 4.30. The summed E-state index contributed by atoms with van der Waals surface area (Å²) in [5, 5.41) is 26.0. The number of nitrogens with two attached hydrogens (primary N) is 1. The lowest BCUT2D eigenvalue weighted by Gasteiger charge is -2.18. The third-order valence-electron chi connectivity index (χ3n) is 5.56. The van der Waals surface area contributed by atoms with Crippen LogP contribution in [0.2, 0.25) is 0 Å². The van der Waals surface area contributed by atoms with Crippen molar-refractivity contribution in [3.63, 3.8) is 0 Å². The summed E-state index contributed by atoms with van der Waals surface area (Å²) in [6.45, 7) is -0.769. The molecule has 7 N–H and O–H groups in total. The molecule has 0 aromatic heterocycles. The van der Waals surface area contributed by atoms with E-state index in [0.29, 0.717) is 4.90 Å². The highest BCUT2D eigenvalue weighted by atomic mass is 32.2.